The van der Waals surface area contributed by atoms with Gasteiger partial charge in [0, 0.05) is 36.7 Å². The van der Waals surface area contributed by atoms with Crippen LogP contribution < -0.4 is 0 Å². The lowest BCUT2D eigenvalue weighted by molar-refractivity contribution is -0.159. The van der Waals surface area contributed by atoms with Crippen LogP contribution in [0.4, 0.5) is 0 Å². The minimum atomic E-state index is -0.597. The maximum atomic E-state index is 13.4. The molecule has 2 unspecified atom stereocenters. The van der Waals surface area contributed by atoms with E-state index < -0.39 is 18.1 Å². The van der Waals surface area contributed by atoms with Crippen molar-refractivity contribution in [2.75, 3.05) is 33.9 Å². The van der Waals surface area contributed by atoms with E-state index in [1.54, 1.807) is 29.0 Å². The standard InChI is InChI=1S/C25H25N3O5/c1-32-12-11-27-14-21(29)28-20(24(27)30)13-18-17-5-3-4-6-19(17)26-22(18)23(28)15-7-9-16(10-8-15)25(31)33-2/h3-10,20,23,26H,11-14H2,1-2H3. The highest BCUT2D eigenvalue weighted by atomic mass is 16.5. The van der Waals surface area contributed by atoms with Crippen LogP contribution in [0.3, 0.4) is 0 Å². The summed E-state index contributed by atoms with van der Waals surface area (Å²) in [6.07, 6.45) is 0.449. The Labute approximate surface area is 191 Å². The molecule has 2 aliphatic rings. The number of aromatic nitrogens is 1. The molecule has 0 radical (unpaired) electrons. The third-order valence-electron chi connectivity index (χ3n) is 6.56. The van der Waals surface area contributed by atoms with Gasteiger partial charge in [-0.05, 0) is 29.3 Å². The third-order valence-corrected chi connectivity index (χ3v) is 6.56. The Morgan fingerprint density at radius 1 is 1.09 bits per heavy atom. The molecule has 0 aliphatic carbocycles. The second kappa shape index (κ2) is 8.37. The van der Waals surface area contributed by atoms with Crippen LogP contribution in [0.2, 0.25) is 0 Å². The molecule has 8 heteroatoms. The van der Waals surface area contributed by atoms with Gasteiger partial charge in [0.05, 0.1) is 31.9 Å². The highest BCUT2D eigenvalue weighted by molar-refractivity contribution is 5.97. The summed E-state index contributed by atoms with van der Waals surface area (Å²) in [5, 5.41) is 1.05. The SMILES string of the molecule is COCCN1CC(=O)N2C(Cc3c([nH]c4ccccc34)C2c2ccc(C(=O)OC)cc2)C1=O. The van der Waals surface area contributed by atoms with Crippen LogP contribution >= 0.6 is 0 Å². The number of aromatic amines is 1. The van der Waals surface area contributed by atoms with Crippen LogP contribution in [0.5, 0.6) is 0 Å². The summed E-state index contributed by atoms with van der Waals surface area (Å²) in [5.41, 5.74) is 4.17. The third kappa shape index (κ3) is 3.47. The summed E-state index contributed by atoms with van der Waals surface area (Å²) in [4.78, 5) is 45.5. The summed E-state index contributed by atoms with van der Waals surface area (Å²) >= 11 is 0. The van der Waals surface area contributed by atoms with Crippen LogP contribution in [0.1, 0.15) is 33.2 Å². The number of ether oxygens (including phenoxy) is 2. The first-order chi connectivity index (χ1) is 16.0. The second-order valence-electron chi connectivity index (χ2n) is 8.35. The maximum Gasteiger partial charge on any atom is 0.337 e. The van der Waals surface area contributed by atoms with Gasteiger partial charge in [0.15, 0.2) is 0 Å². The van der Waals surface area contributed by atoms with E-state index >= 15 is 0 Å². The van der Waals surface area contributed by atoms with Crippen molar-refractivity contribution >= 4 is 28.7 Å². The summed E-state index contributed by atoms with van der Waals surface area (Å²) < 4.78 is 9.94. The largest absolute Gasteiger partial charge is 0.465 e. The lowest BCUT2D eigenvalue weighted by Crippen LogP contribution is -2.63. The number of rotatable bonds is 5. The van der Waals surface area contributed by atoms with E-state index in [0.717, 1.165) is 27.7 Å². The Kier molecular flexibility index (Phi) is 5.38. The number of hydrogen-bond acceptors (Lipinski definition) is 5. The molecule has 2 aromatic carbocycles. The summed E-state index contributed by atoms with van der Waals surface area (Å²) in [5.74, 6) is -0.604. The summed E-state index contributed by atoms with van der Waals surface area (Å²) in [6, 6.07) is 13.9. The van der Waals surface area contributed by atoms with E-state index in [0.29, 0.717) is 25.1 Å². The minimum Gasteiger partial charge on any atom is -0.465 e. The number of nitrogens with one attached hydrogen (secondary N) is 1. The fourth-order valence-electron chi connectivity index (χ4n) is 4.98. The molecule has 2 aliphatic heterocycles. The number of H-pyrrole nitrogens is 1. The first-order valence-electron chi connectivity index (χ1n) is 10.9. The minimum absolute atomic E-state index is 0.0188. The predicted molar refractivity (Wildman–Crippen MR) is 121 cm³/mol. The van der Waals surface area contributed by atoms with Gasteiger partial charge in [-0.15, -0.1) is 0 Å². The van der Waals surface area contributed by atoms with Crippen molar-refractivity contribution in [2.45, 2.75) is 18.5 Å². The first kappa shape index (κ1) is 21.2. The van der Waals surface area contributed by atoms with Crippen molar-refractivity contribution in [3.05, 3.63) is 70.9 Å². The monoisotopic (exact) mass is 447 g/mol. The van der Waals surface area contributed by atoms with E-state index in [9.17, 15) is 14.4 Å². The number of benzene rings is 2. The molecule has 1 aromatic heterocycles. The van der Waals surface area contributed by atoms with Crippen LogP contribution in [0.15, 0.2) is 48.5 Å². The Balaban J connectivity index is 1.63. The predicted octanol–water partition coefficient (Wildman–Crippen LogP) is 2.29. The number of hydrogen-bond donors (Lipinski definition) is 1. The molecule has 170 valence electrons. The molecule has 1 N–H and O–H groups in total. The van der Waals surface area contributed by atoms with E-state index in [2.05, 4.69) is 4.98 Å². The Bertz CT molecular complexity index is 1230. The number of carbonyl (C=O) groups is 3. The van der Waals surface area contributed by atoms with Crippen LogP contribution in [0, 0.1) is 0 Å². The molecule has 2 amide bonds. The van der Waals surface area contributed by atoms with Gasteiger partial charge in [-0.1, -0.05) is 30.3 Å². The Hall–Kier alpha value is -3.65. The lowest BCUT2D eigenvalue weighted by Gasteiger charge is -2.47. The molecule has 33 heavy (non-hydrogen) atoms. The van der Waals surface area contributed by atoms with E-state index in [-0.39, 0.29) is 18.4 Å². The highest BCUT2D eigenvalue weighted by Crippen LogP contribution is 2.42. The van der Waals surface area contributed by atoms with E-state index in [1.807, 2.05) is 36.4 Å². The van der Waals surface area contributed by atoms with Gasteiger partial charge in [0.2, 0.25) is 11.8 Å². The molecule has 1 saturated heterocycles. The zero-order chi connectivity index (χ0) is 23.1. The molecule has 1 fully saturated rings. The van der Waals surface area contributed by atoms with Gasteiger partial charge >= 0.3 is 5.97 Å². The molecule has 0 spiro atoms. The number of carbonyl (C=O) groups excluding carboxylic acids is 3. The van der Waals surface area contributed by atoms with Crippen molar-refractivity contribution < 1.29 is 23.9 Å². The molecular weight excluding hydrogens is 422 g/mol. The molecule has 5 rings (SSSR count). The van der Waals surface area contributed by atoms with Crippen molar-refractivity contribution in [3.8, 4) is 0 Å². The van der Waals surface area contributed by atoms with Crippen LogP contribution in [-0.4, -0.2) is 72.5 Å². The van der Waals surface area contributed by atoms with Crippen LogP contribution in [0.25, 0.3) is 10.9 Å². The number of amides is 2. The summed E-state index contributed by atoms with van der Waals surface area (Å²) in [7, 11) is 2.92. The molecule has 0 bridgehead atoms. The molecule has 2 atom stereocenters. The molecule has 8 nitrogen and oxygen atoms in total. The number of piperazine rings is 1. The maximum absolute atomic E-state index is 13.4. The van der Waals surface area contributed by atoms with E-state index in [1.165, 1.54) is 7.11 Å². The van der Waals surface area contributed by atoms with Crippen LogP contribution in [-0.2, 0) is 25.5 Å². The van der Waals surface area contributed by atoms with Gasteiger partial charge in [0.25, 0.3) is 0 Å². The zero-order valence-electron chi connectivity index (χ0n) is 18.5. The smallest absolute Gasteiger partial charge is 0.337 e. The molecule has 3 heterocycles. The topological polar surface area (TPSA) is 91.9 Å². The van der Waals surface area contributed by atoms with Gasteiger partial charge in [-0.25, -0.2) is 4.79 Å². The van der Waals surface area contributed by atoms with Crippen molar-refractivity contribution in [2.24, 2.45) is 0 Å². The van der Waals surface area contributed by atoms with Crippen molar-refractivity contribution in [1.29, 1.82) is 0 Å². The van der Waals surface area contributed by atoms with E-state index in [4.69, 9.17) is 9.47 Å². The fourth-order valence-corrected chi connectivity index (χ4v) is 4.98. The number of esters is 1. The number of fused-ring (bicyclic) bond motifs is 4. The van der Waals surface area contributed by atoms with Crippen molar-refractivity contribution in [3.63, 3.8) is 0 Å². The lowest BCUT2D eigenvalue weighted by atomic mass is 9.86. The molecular formula is C25H25N3O5. The molecule has 3 aromatic rings. The first-order valence-corrected chi connectivity index (χ1v) is 10.9. The normalized spacial score (nSPS) is 20.1. The zero-order valence-corrected chi connectivity index (χ0v) is 18.5. The number of nitrogens with zero attached hydrogens (tertiary/aromatic N) is 2. The van der Waals surface area contributed by atoms with Gasteiger partial charge in [0.1, 0.15) is 6.04 Å². The second-order valence-corrected chi connectivity index (χ2v) is 8.35. The average molecular weight is 447 g/mol. The quantitative estimate of drug-likeness (QED) is 0.606. The molecule has 0 saturated carbocycles. The number of para-hydroxylation sites is 1. The summed E-state index contributed by atoms with van der Waals surface area (Å²) in [6.45, 7) is 0.776. The van der Waals surface area contributed by atoms with Gasteiger partial charge in [-0.3, -0.25) is 9.59 Å². The number of methoxy groups -OCH3 is 2. The van der Waals surface area contributed by atoms with Gasteiger partial charge in [-0.2, -0.15) is 0 Å². The Morgan fingerprint density at radius 3 is 2.58 bits per heavy atom. The van der Waals surface area contributed by atoms with Crippen molar-refractivity contribution in [1.82, 2.24) is 14.8 Å². The average Bonchev–Trinajstić information content (AvgIpc) is 3.22. The fraction of sp³-hybridized carbons (Fsp3) is 0.320. The highest BCUT2D eigenvalue weighted by Gasteiger charge is 2.48. The van der Waals surface area contributed by atoms with Gasteiger partial charge < -0.3 is 24.3 Å². The Morgan fingerprint density at radius 2 is 1.85 bits per heavy atom.